The van der Waals surface area contributed by atoms with Crippen molar-refractivity contribution in [2.75, 3.05) is 122 Å². The van der Waals surface area contributed by atoms with Gasteiger partial charge in [-0.2, -0.15) is 0 Å². The van der Waals surface area contributed by atoms with Gasteiger partial charge < -0.3 is 59.3 Å². The topological polar surface area (TPSA) is 294 Å². The van der Waals surface area contributed by atoms with Gasteiger partial charge in [-0.05, 0) is 229 Å². The van der Waals surface area contributed by atoms with Crippen LogP contribution in [-0.4, -0.2) is 215 Å². The quantitative estimate of drug-likeness (QED) is 0.0432. The molecule has 9 aromatic rings. The largest absolute Gasteiger partial charge is 0.497 e. The van der Waals surface area contributed by atoms with Crippen molar-refractivity contribution in [3.63, 3.8) is 0 Å². The fourth-order valence-electron chi connectivity index (χ4n) is 17.8. The van der Waals surface area contributed by atoms with Gasteiger partial charge in [-0.25, -0.2) is 59.0 Å². The molecule has 0 atom stereocenters. The van der Waals surface area contributed by atoms with Crippen LogP contribution < -0.4 is 26.0 Å². The number of hydrogen-bond acceptors (Lipinski definition) is 26. The van der Waals surface area contributed by atoms with E-state index in [0.29, 0.717) is 90.6 Å². The van der Waals surface area contributed by atoms with E-state index in [-0.39, 0.29) is 23.9 Å². The molecule has 0 unspecified atom stereocenters. The molecular formula is C90H105N15O11. The standard InChI is InChI=1S/C24H30N4O3.C23H28N4O3.C22H28N4O2.C21H19N3O3/c1-2-31-24(29)17-4-3-16-14-21-22(20(16)13-17)23(26-15-25-21)27-18-5-7-19(8-6-18)28-9-11-30-12-10-28;1-29-23(28)15-2-7-19-16(12-15)13-20-21(19)22(25-14-24-20)26-17-3-5-18(6-4-17)27-8-10-30-11-9-27;1-4-28-22(27)15-6-5-14-12-19-20(18(14)11-15)21(24-13-23-19)25-16-7-9-17(10-8-16)26(2)3;1-3-27-21(25)14-5-4-13-11-18-19(17(13)10-14)20(23-12-22-18)24-15-6-8-16(26-2)9-7-15/h3-4,13,15,18-19H,2,5-12,14H2,1H3,(H,25,26,27);2,7,12,14,17-18H,3-6,8-11,13H2,1H3,(H,24,25,26);5-6,11,13,16-17H,4,7-10,12H2,1-3H3,(H,23,24,25);4-10,12H,3,11H2,1-2H3,(H,22,23,24). The summed E-state index contributed by atoms with van der Waals surface area (Å²) in [4.78, 5) is 92.1. The highest BCUT2D eigenvalue weighted by molar-refractivity contribution is 5.97. The van der Waals surface area contributed by atoms with E-state index in [0.717, 1.165) is 218 Å². The Kier molecular flexibility index (Phi) is 25.9. The first-order chi connectivity index (χ1) is 56.7. The van der Waals surface area contributed by atoms with Crippen LogP contribution in [-0.2, 0) is 54.1 Å². The van der Waals surface area contributed by atoms with Crippen molar-refractivity contribution in [1.82, 2.24) is 54.6 Å². The molecule has 3 saturated carbocycles. The smallest absolute Gasteiger partial charge is 0.338 e. The normalized spacial score (nSPS) is 19.9. The Morgan fingerprint density at radius 1 is 0.405 bits per heavy atom. The molecule has 7 aliphatic carbocycles. The molecule has 0 spiro atoms. The van der Waals surface area contributed by atoms with Crippen LogP contribution in [0.1, 0.15) is 184 Å². The van der Waals surface area contributed by atoms with Crippen LogP contribution in [0, 0.1) is 0 Å². The molecule has 6 heterocycles. The van der Waals surface area contributed by atoms with Crippen molar-refractivity contribution in [3.05, 3.63) is 190 Å². The number of benzene rings is 5. The summed E-state index contributed by atoms with van der Waals surface area (Å²) in [5, 5.41) is 14.4. The van der Waals surface area contributed by atoms with Crippen LogP contribution >= 0.6 is 0 Å². The Bertz CT molecular complexity index is 4990. The summed E-state index contributed by atoms with van der Waals surface area (Å²) < 4.78 is 36.5. The lowest BCUT2D eigenvalue weighted by molar-refractivity contribution is 0.00788. The van der Waals surface area contributed by atoms with Crippen molar-refractivity contribution >= 4 is 52.8 Å². The molecule has 4 aromatic heterocycles. The minimum Gasteiger partial charge on any atom is -0.497 e. The number of anilines is 5. The molecule has 26 nitrogen and oxygen atoms in total. The third-order valence-corrected chi connectivity index (χ3v) is 23.9. The molecule has 18 rings (SSSR count). The number of methoxy groups -OCH3 is 2. The number of nitrogens with one attached hydrogen (secondary N) is 4. The minimum absolute atomic E-state index is 0.285. The number of hydrogen-bond donors (Lipinski definition) is 4. The van der Waals surface area contributed by atoms with Gasteiger partial charge in [0.15, 0.2) is 0 Å². The van der Waals surface area contributed by atoms with Crippen LogP contribution in [0.2, 0.25) is 0 Å². The molecule has 0 radical (unpaired) electrons. The average molecular weight is 1570 g/mol. The maximum Gasteiger partial charge on any atom is 0.338 e. The highest BCUT2D eigenvalue weighted by Gasteiger charge is 2.35. The Balaban J connectivity index is 0.000000122. The summed E-state index contributed by atoms with van der Waals surface area (Å²) in [5.41, 5.74) is 20.0. The van der Waals surface area contributed by atoms with E-state index in [9.17, 15) is 19.2 Å². The van der Waals surface area contributed by atoms with Gasteiger partial charge in [0.2, 0.25) is 0 Å². The number of rotatable bonds is 19. The molecule has 0 bridgehead atoms. The van der Waals surface area contributed by atoms with Crippen LogP contribution in [0.15, 0.2) is 122 Å². The van der Waals surface area contributed by atoms with Gasteiger partial charge in [-0.3, -0.25) is 9.80 Å². The summed E-state index contributed by atoms with van der Waals surface area (Å²) in [6, 6.07) is 33.8. The molecule has 116 heavy (non-hydrogen) atoms. The summed E-state index contributed by atoms with van der Waals surface area (Å²) in [7, 11) is 7.37. The van der Waals surface area contributed by atoms with Gasteiger partial charge in [0, 0.05) is 116 Å². The van der Waals surface area contributed by atoms with E-state index in [4.69, 9.17) is 33.2 Å². The summed E-state index contributed by atoms with van der Waals surface area (Å²) in [5.74, 6) is 2.99. The first kappa shape index (κ1) is 80.3. The van der Waals surface area contributed by atoms with E-state index in [2.05, 4.69) is 89.9 Å². The zero-order valence-electron chi connectivity index (χ0n) is 67.5. The van der Waals surface area contributed by atoms with Crippen molar-refractivity contribution < 1.29 is 52.3 Å². The monoisotopic (exact) mass is 1570 g/mol. The van der Waals surface area contributed by atoms with E-state index in [1.54, 1.807) is 45.4 Å². The highest BCUT2D eigenvalue weighted by Crippen LogP contribution is 2.46. The Labute approximate surface area is 678 Å². The molecular weight excluding hydrogens is 1470 g/mol. The van der Waals surface area contributed by atoms with E-state index in [1.165, 1.54) is 56.8 Å². The Morgan fingerprint density at radius 3 is 1.14 bits per heavy atom. The second-order valence-corrected chi connectivity index (χ2v) is 31.1. The minimum atomic E-state index is -0.324. The third kappa shape index (κ3) is 18.3. The van der Waals surface area contributed by atoms with Crippen molar-refractivity contribution in [1.29, 1.82) is 0 Å². The predicted molar refractivity (Wildman–Crippen MR) is 444 cm³/mol. The molecule has 26 heteroatoms. The zero-order valence-corrected chi connectivity index (χ0v) is 67.5. The van der Waals surface area contributed by atoms with Crippen LogP contribution in [0.25, 0.3) is 44.5 Å². The van der Waals surface area contributed by atoms with E-state index in [1.807, 2.05) is 105 Å². The molecule has 5 aromatic carbocycles. The number of esters is 4. The lowest BCUT2D eigenvalue weighted by Crippen LogP contribution is -2.46. The SMILES string of the molecule is CCOC(=O)c1ccc2c(c1)-c1c(ncnc1NC1CCC(N(C)C)CC1)C2.CCOC(=O)c1ccc2c(c1)-c1c(ncnc1NC1CCC(N3CCOCC3)CC1)C2.CCOC(=O)c1ccc2c(c1)-c1c(ncnc1Nc1ccc(OC)cc1)C2.COC(=O)c1ccc2c(c1)Cc1ncnc(NC3CCC(N4CCOCC4)CC3)c1-2. The Morgan fingerprint density at radius 2 is 0.759 bits per heavy atom. The first-order valence-corrected chi connectivity index (χ1v) is 41.2. The summed E-state index contributed by atoms with van der Waals surface area (Å²) in [6.07, 6.45) is 23.5. The zero-order chi connectivity index (χ0) is 80.2. The molecule has 9 aliphatic rings. The Hall–Kier alpha value is -10.9. The maximum absolute atomic E-state index is 12.2. The first-order valence-electron chi connectivity index (χ1n) is 41.2. The number of aromatic nitrogens is 8. The number of carbonyl (C=O) groups is 4. The number of nitrogens with zero attached hydrogens (tertiary/aromatic N) is 11. The number of morpholine rings is 2. The van der Waals surface area contributed by atoms with Gasteiger partial charge in [0.25, 0.3) is 0 Å². The van der Waals surface area contributed by atoms with Gasteiger partial charge in [-0.1, -0.05) is 24.3 Å². The number of carbonyl (C=O) groups excluding carboxylic acids is 4. The molecule has 2 saturated heterocycles. The van der Waals surface area contributed by atoms with Crippen molar-refractivity contribution in [3.8, 4) is 50.3 Å². The lowest BCUT2D eigenvalue weighted by atomic mass is 9.89. The van der Waals surface area contributed by atoms with Gasteiger partial charge in [0.1, 0.15) is 54.3 Å². The average Bonchev–Trinajstić information content (AvgIpc) is 1.63. The van der Waals surface area contributed by atoms with E-state index < -0.39 is 0 Å². The molecule has 2 aliphatic heterocycles. The van der Waals surface area contributed by atoms with E-state index >= 15 is 0 Å². The second-order valence-electron chi connectivity index (χ2n) is 31.1. The highest BCUT2D eigenvalue weighted by atomic mass is 16.5. The van der Waals surface area contributed by atoms with Crippen molar-refractivity contribution in [2.45, 2.75) is 160 Å². The lowest BCUT2D eigenvalue weighted by Gasteiger charge is -2.39. The fourth-order valence-corrected chi connectivity index (χ4v) is 17.8. The van der Waals surface area contributed by atoms with Gasteiger partial charge in [0.05, 0.1) is 105 Å². The molecule has 0 amide bonds. The summed E-state index contributed by atoms with van der Waals surface area (Å²) in [6.45, 7) is 14.2. The third-order valence-electron chi connectivity index (χ3n) is 23.9. The maximum atomic E-state index is 12.2. The molecule has 5 fully saturated rings. The van der Waals surface area contributed by atoms with Gasteiger partial charge in [-0.15, -0.1) is 0 Å². The van der Waals surface area contributed by atoms with Crippen LogP contribution in [0.3, 0.4) is 0 Å². The molecule has 4 N–H and O–H groups in total. The van der Waals surface area contributed by atoms with Crippen LogP contribution in [0.5, 0.6) is 5.75 Å². The fraction of sp³-hybridized carbons (Fsp3) is 0.444. The predicted octanol–water partition coefficient (Wildman–Crippen LogP) is 13.7. The number of fused-ring (bicyclic) bond motifs is 12. The van der Waals surface area contributed by atoms with Crippen LogP contribution in [0.4, 0.5) is 29.0 Å². The molecule has 606 valence electrons. The second kappa shape index (κ2) is 37.4. The summed E-state index contributed by atoms with van der Waals surface area (Å²) >= 11 is 0. The number of ether oxygens (including phenoxy) is 7. The van der Waals surface area contributed by atoms with Gasteiger partial charge >= 0.3 is 23.9 Å². The van der Waals surface area contributed by atoms with Crippen molar-refractivity contribution in [2.24, 2.45) is 0 Å².